The summed E-state index contributed by atoms with van der Waals surface area (Å²) in [6.45, 7) is 3.32. The lowest BCUT2D eigenvalue weighted by molar-refractivity contribution is 0.117. The SMILES string of the molecule is COCC(C)(NCc1ccc(O)c(OC)c1)c1ccccc1. The van der Waals surface area contributed by atoms with Gasteiger partial charge in [-0.05, 0) is 30.2 Å². The Hall–Kier alpha value is -2.04. The van der Waals surface area contributed by atoms with Crippen molar-refractivity contribution < 1.29 is 14.6 Å². The Morgan fingerprint density at radius 2 is 1.82 bits per heavy atom. The van der Waals surface area contributed by atoms with E-state index in [4.69, 9.17) is 9.47 Å². The summed E-state index contributed by atoms with van der Waals surface area (Å²) in [6, 6.07) is 15.6. The lowest BCUT2D eigenvalue weighted by Crippen LogP contribution is -2.43. The molecule has 4 nitrogen and oxygen atoms in total. The number of rotatable bonds is 7. The van der Waals surface area contributed by atoms with Crippen LogP contribution in [0.4, 0.5) is 0 Å². The van der Waals surface area contributed by atoms with Crippen molar-refractivity contribution in [1.29, 1.82) is 0 Å². The van der Waals surface area contributed by atoms with Crippen LogP contribution in [0.1, 0.15) is 18.1 Å². The fourth-order valence-corrected chi connectivity index (χ4v) is 2.46. The van der Waals surface area contributed by atoms with E-state index in [1.165, 1.54) is 5.56 Å². The van der Waals surface area contributed by atoms with Crippen LogP contribution in [-0.4, -0.2) is 25.9 Å². The predicted octanol–water partition coefficient (Wildman–Crippen LogP) is 3.05. The number of phenolic OH excluding ortho intramolecular Hbond substituents is 1. The second-order valence-electron chi connectivity index (χ2n) is 5.49. The summed E-state index contributed by atoms with van der Waals surface area (Å²) in [6.07, 6.45) is 0. The topological polar surface area (TPSA) is 50.7 Å². The van der Waals surface area contributed by atoms with Gasteiger partial charge in [-0.25, -0.2) is 0 Å². The summed E-state index contributed by atoms with van der Waals surface area (Å²) in [5.41, 5.74) is 1.91. The first kappa shape index (κ1) is 16.3. The standard InChI is InChI=1S/C18H23NO3/c1-18(13-21-2,15-7-5-4-6-8-15)19-12-14-9-10-16(20)17(11-14)22-3/h4-11,19-20H,12-13H2,1-3H3. The van der Waals surface area contributed by atoms with Crippen LogP contribution in [-0.2, 0) is 16.8 Å². The van der Waals surface area contributed by atoms with Gasteiger partial charge in [0.05, 0.1) is 19.3 Å². The zero-order valence-corrected chi connectivity index (χ0v) is 13.3. The van der Waals surface area contributed by atoms with Gasteiger partial charge in [0.2, 0.25) is 0 Å². The van der Waals surface area contributed by atoms with Crippen LogP contribution in [0.25, 0.3) is 0 Å². The molecule has 0 radical (unpaired) electrons. The molecule has 0 bridgehead atoms. The Morgan fingerprint density at radius 1 is 1.09 bits per heavy atom. The second-order valence-corrected chi connectivity index (χ2v) is 5.49. The summed E-state index contributed by atoms with van der Waals surface area (Å²) in [5, 5.41) is 13.2. The Labute approximate surface area is 131 Å². The number of nitrogens with one attached hydrogen (secondary N) is 1. The van der Waals surface area contributed by atoms with E-state index in [0.717, 1.165) is 5.56 Å². The van der Waals surface area contributed by atoms with Crippen LogP contribution in [0.5, 0.6) is 11.5 Å². The fourth-order valence-electron chi connectivity index (χ4n) is 2.46. The lowest BCUT2D eigenvalue weighted by Gasteiger charge is -2.31. The minimum atomic E-state index is -0.291. The number of ether oxygens (including phenoxy) is 2. The van der Waals surface area contributed by atoms with Crippen molar-refractivity contribution >= 4 is 0 Å². The van der Waals surface area contributed by atoms with Crippen LogP contribution in [0, 0.1) is 0 Å². The lowest BCUT2D eigenvalue weighted by atomic mass is 9.92. The average molecular weight is 301 g/mol. The maximum atomic E-state index is 9.66. The molecule has 0 saturated heterocycles. The van der Waals surface area contributed by atoms with E-state index >= 15 is 0 Å². The Morgan fingerprint density at radius 3 is 2.45 bits per heavy atom. The number of aromatic hydroxyl groups is 1. The third-order valence-corrected chi connectivity index (χ3v) is 3.77. The molecule has 0 spiro atoms. The summed E-state index contributed by atoms with van der Waals surface area (Å²) < 4.78 is 10.5. The van der Waals surface area contributed by atoms with E-state index in [-0.39, 0.29) is 11.3 Å². The van der Waals surface area contributed by atoms with Crippen molar-refractivity contribution in [2.24, 2.45) is 0 Å². The van der Waals surface area contributed by atoms with Crippen molar-refractivity contribution in [2.45, 2.75) is 19.0 Å². The predicted molar refractivity (Wildman–Crippen MR) is 87.2 cm³/mol. The molecule has 2 aromatic rings. The summed E-state index contributed by atoms with van der Waals surface area (Å²) in [5.74, 6) is 0.626. The third kappa shape index (κ3) is 3.78. The maximum Gasteiger partial charge on any atom is 0.160 e. The van der Waals surface area contributed by atoms with E-state index in [1.54, 1.807) is 20.3 Å². The highest BCUT2D eigenvalue weighted by atomic mass is 16.5. The Balaban J connectivity index is 2.15. The number of phenols is 1. The molecule has 1 atom stereocenters. The molecule has 0 aromatic heterocycles. The van der Waals surface area contributed by atoms with E-state index in [0.29, 0.717) is 18.9 Å². The number of hydrogen-bond donors (Lipinski definition) is 2. The van der Waals surface area contributed by atoms with Gasteiger partial charge in [-0.1, -0.05) is 36.4 Å². The van der Waals surface area contributed by atoms with Gasteiger partial charge in [0, 0.05) is 13.7 Å². The van der Waals surface area contributed by atoms with Gasteiger partial charge in [-0.2, -0.15) is 0 Å². The molecular formula is C18H23NO3. The van der Waals surface area contributed by atoms with Gasteiger partial charge in [-0.15, -0.1) is 0 Å². The van der Waals surface area contributed by atoms with Gasteiger partial charge in [0.15, 0.2) is 11.5 Å². The van der Waals surface area contributed by atoms with Crippen molar-refractivity contribution in [3.63, 3.8) is 0 Å². The second kappa shape index (κ2) is 7.29. The van der Waals surface area contributed by atoms with Gasteiger partial charge < -0.3 is 19.9 Å². The molecule has 0 amide bonds. The van der Waals surface area contributed by atoms with Gasteiger partial charge in [-0.3, -0.25) is 0 Å². The largest absolute Gasteiger partial charge is 0.504 e. The first-order valence-electron chi connectivity index (χ1n) is 7.24. The van der Waals surface area contributed by atoms with Crippen molar-refractivity contribution in [3.05, 3.63) is 59.7 Å². The van der Waals surface area contributed by atoms with Crippen LogP contribution < -0.4 is 10.1 Å². The molecule has 22 heavy (non-hydrogen) atoms. The molecule has 0 heterocycles. The summed E-state index contributed by atoms with van der Waals surface area (Å²) >= 11 is 0. The minimum absolute atomic E-state index is 0.147. The third-order valence-electron chi connectivity index (χ3n) is 3.77. The van der Waals surface area contributed by atoms with E-state index in [9.17, 15) is 5.11 Å². The highest BCUT2D eigenvalue weighted by molar-refractivity contribution is 5.41. The molecule has 0 aliphatic heterocycles. The molecule has 0 aliphatic carbocycles. The molecular weight excluding hydrogens is 278 g/mol. The Kier molecular flexibility index (Phi) is 5.41. The van der Waals surface area contributed by atoms with Gasteiger partial charge >= 0.3 is 0 Å². The van der Waals surface area contributed by atoms with Gasteiger partial charge in [0.1, 0.15) is 0 Å². The molecule has 4 heteroatoms. The minimum Gasteiger partial charge on any atom is -0.504 e. The fraction of sp³-hybridized carbons (Fsp3) is 0.333. The molecule has 0 fully saturated rings. The maximum absolute atomic E-state index is 9.66. The number of methoxy groups -OCH3 is 2. The summed E-state index contributed by atoms with van der Waals surface area (Å²) in [7, 11) is 3.25. The van der Waals surface area contributed by atoms with Crippen LogP contribution in [0.3, 0.4) is 0 Å². The van der Waals surface area contributed by atoms with Crippen molar-refractivity contribution in [3.8, 4) is 11.5 Å². The summed E-state index contributed by atoms with van der Waals surface area (Å²) in [4.78, 5) is 0. The first-order valence-corrected chi connectivity index (χ1v) is 7.24. The molecule has 2 rings (SSSR count). The average Bonchev–Trinajstić information content (AvgIpc) is 2.55. The number of benzene rings is 2. The van der Waals surface area contributed by atoms with E-state index < -0.39 is 0 Å². The van der Waals surface area contributed by atoms with Gasteiger partial charge in [0.25, 0.3) is 0 Å². The quantitative estimate of drug-likeness (QED) is 0.825. The molecule has 1 unspecified atom stereocenters. The normalized spacial score (nSPS) is 13.6. The van der Waals surface area contributed by atoms with Crippen molar-refractivity contribution in [1.82, 2.24) is 5.32 Å². The zero-order valence-electron chi connectivity index (χ0n) is 13.3. The smallest absolute Gasteiger partial charge is 0.160 e. The van der Waals surface area contributed by atoms with Crippen LogP contribution in [0.15, 0.2) is 48.5 Å². The monoisotopic (exact) mass is 301 g/mol. The van der Waals surface area contributed by atoms with E-state index in [1.807, 2.05) is 30.3 Å². The Bertz CT molecular complexity index is 601. The molecule has 118 valence electrons. The van der Waals surface area contributed by atoms with Crippen LogP contribution >= 0.6 is 0 Å². The highest BCUT2D eigenvalue weighted by Crippen LogP contribution is 2.27. The zero-order chi connectivity index (χ0) is 16.0. The number of hydrogen-bond acceptors (Lipinski definition) is 4. The molecule has 2 N–H and O–H groups in total. The molecule has 0 saturated carbocycles. The molecule has 2 aromatic carbocycles. The highest BCUT2D eigenvalue weighted by Gasteiger charge is 2.25. The van der Waals surface area contributed by atoms with Crippen LogP contribution in [0.2, 0.25) is 0 Å². The first-order chi connectivity index (χ1) is 10.6. The van der Waals surface area contributed by atoms with Crippen molar-refractivity contribution in [2.75, 3.05) is 20.8 Å². The van der Waals surface area contributed by atoms with E-state index in [2.05, 4.69) is 24.4 Å². The molecule has 0 aliphatic rings.